The molecular weight excluding hydrogens is 222 g/mol. The molecule has 0 radical (unpaired) electrons. The Hall–Kier alpha value is -2.25. The van der Waals surface area contributed by atoms with Crippen LogP contribution in [0.1, 0.15) is 19.8 Å². The maximum Gasteiger partial charge on any atom is 0.416 e. The molecule has 0 fully saturated rings. The Labute approximate surface area is 99.2 Å². The van der Waals surface area contributed by atoms with E-state index >= 15 is 0 Å². The third kappa shape index (κ3) is 2.65. The van der Waals surface area contributed by atoms with E-state index in [9.17, 15) is 4.79 Å². The van der Waals surface area contributed by atoms with E-state index in [4.69, 9.17) is 21.0 Å². The average Bonchev–Trinajstić information content (AvgIpc) is 2.65. The second-order valence-electron chi connectivity index (χ2n) is 3.38. The van der Waals surface area contributed by atoms with E-state index < -0.39 is 12.4 Å². The van der Waals surface area contributed by atoms with Crippen LogP contribution < -0.4 is 5.73 Å². The second-order valence-corrected chi connectivity index (χ2v) is 3.38. The number of nitriles is 2. The predicted molar refractivity (Wildman–Crippen MR) is 57.2 cm³/mol. The van der Waals surface area contributed by atoms with E-state index in [0.717, 1.165) is 22.6 Å². The normalized spacial score (nSPS) is 18.4. The Morgan fingerprint density at radius 1 is 1.65 bits per heavy atom. The summed E-state index contributed by atoms with van der Waals surface area (Å²) in [5.74, 6) is 0. The SMILES string of the molecule is CCCCOC(=O)N1C=C(C#N)N(C#N)C1N. The Balaban J connectivity index is 2.67. The van der Waals surface area contributed by atoms with Crippen molar-refractivity contribution in [1.82, 2.24) is 9.80 Å². The van der Waals surface area contributed by atoms with Crippen molar-refractivity contribution < 1.29 is 9.53 Å². The third-order valence-corrected chi connectivity index (χ3v) is 2.23. The van der Waals surface area contributed by atoms with Gasteiger partial charge < -0.3 is 4.74 Å². The highest BCUT2D eigenvalue weighted by Crippen LogP contribution is 2.18. The molecule has 1 atom stereocenters. The Bertz CT molecular complexity index is 406. The second kappa shape index (κ2) is 5.73. The highest BCUT2D eigenvalue weighted by molar-refractivity contribution is 5.70. The zero-order valence-electron chi connectivity index (χ0n) is 9.46. The molecule has 0 bridgehead atoms. The zero-order chi connectivity index (χ0) is 12.8. The highest BCUT2D eigenvalue weighted by Gasteiger charge is 2.34. The number of nitrogens with zero attached hydrogens (tertiary/aromatic N) is 4. The van der Waals surface area contributed by atoms with Crippen molar-refractivity contribution >= 4 is 6.09 Å². The van der Waals surface area contributed by atoms with Gasteiger partial charge in [0.15, 0.2) is 12.5 Å². The first-order valence-electron chi connectivity index (χ1n) is 5.17. The minimum absolute atomic E-state index is 0.0208. The first-order valence-corrected chi connectivity index (χ1v) is 5.17. The highest BCUT2D eigenvalue weighted by atomic mass is 16.6. The first kappa shape index (κ1) is 12.8. The predicted octanol–water partition coefficient (Wildman–Crippen LogP) is 0.629. The van der Waals surface area contributed by atoms with E-state index in [-0.39, 0.29) is 5.70 Å². The van der Waals surface area contributed by atoms with Gasteiger partial charge in [-0.1, -0.05) is 13.3 Å². The summed E-state index contributed by atoms with van der Waals surface area (Å²) in [6.07, 6.45) is 2.94. The molecule has 0 spiro atoms. The molecule has 7 heteroatoms. The molecule has 0 saturated carbocycles. The quantitative estimate of drug-likeness (QED) is 0.568. The van der Waals surface area contributed by atoms with E-state index in [1.807, 2.05) is 6.92 Å². The van der Waals surface area contributed by atoms with E-state index in [2.05, 4.69) is 0 Å². The lowest BCUT2D eigenvalue weighted by atomic mass is 10.4. The molecule has 0 aromatic rings. The zero-order valence-corrected chi connectivity index (χ0v) is 9.46. The molecule has 0 aliphatic carbocycles. The molecule has 7 nitrogen and oxygen atoms in total. The number of nitrogens with two attached hydrogens (primary N) is 1. The fourth-order valence-corrected chi connectivity index (χ4v) is 1.27. The standard InChI is InChI=1S/C10H13N5O2/c1-2-3-4-17-10(16)14-6-8(5-11)15(7-12)9(14)13/h6,9H,2-4,13H2,1H3. The van der Waals surface area contributed by atoms with Crippen LogP contribution in [0.25, 0.3) is 0 Å². The molecule has 1 unspecified atom stereocenters. The molecule has 1 heterocycles. The van der Waals surface area contributed by atoms with Gasteiger partial charge in [-0.05, 0) is 6.42 Å². The topological polar surface area (TPSA) is 106 Å². The minimum Gasteiger partial charge on any atom is -0.449 e. The van der Waals surface area contributed by atoms with Gasteiger partial charge in [-0.3, -0.25) is 5.73 Å². The van der Waals surface area contributed by atoms with Gasteiger partial charge in [0.05, 0.1) is 6.61 Å². The first-order chi connectivity index (χ1) is 8.15. The van der Waals surface area contributed by atoms with Gasteiger partial charge in [0, 0.05) is 6.20 Å². The summed E-state index contributed by atoms with van der Waals surface area (Å²) >= 11 is 0. The summed E-state index contributed by atoms with van der Waals surface area (Å²) in [6.45, 7) is 2.27. The summed E-state index contributed by atoms with van der Waals surface area (Å²) in [7, 11) is 0. The van der Waals surface area contributed by atoms with Gasteiger partial charge in [-0.2, -0.15) is 10.5 Å². The molecular formula is C10H13N5O2. The summed E-state index contributed by atoms with van der Waals surface area (Å²) in [6, 6.07) is 1.78. The summed E-state index contributed by atoms with van der Waals surface area (Å²) in [5.41, 5.74) is 5.65. The van der Waals surface area contributed by atoms with Crippen molar-refractivity contribution in [3.63, 3.8) is 0 Å². The van der Waals surface area contributed by atoms with Crippen LogP contribution >= 0.6 is 0 Å². The monoisotopic (exact) mass is 235 g/mol. The number of unbranched alkanes of at least 4 members (excludes halogenated alkanes) is 1. The number of rotatable bonds is 3. The summed E-state index contributed by atoms with van der Waals surface area (Å²) in [4.78, 5) is 13.6. The van der Waals surface area contributed by atoms with Gasteiger partial charge in [-0.25, -0.2) is 14.6 Å². The van der Waals surface area contributed by atoms with Crippen molar-refractivity contribution in [3.05, 3.63) is 11.9 Å². The van der Waals surface area contributed by atoms with Crippen LogP contribution in [-0.2, 0) is 4.74 Å². The van der Waals surface area contributed by atoms with Crippen LogP contribution in [0, 0.1) is 22.8 Å². The lowest BCUT2D eigenvalue weighted by Crippen LogP contribution is -2.47. The van der Waals surface area contributed by atoms with Gasteiger partial charge in [0.1, 0.15) is 11.8 Å². The van der Waals surface area contributed by atoms with Gasteiger partial charge in [0.2, 0.25) is 0 Å². The number of hydrogen-bond donors (Lipinski definition) is 1. The summed E-state index contributed by atoms with van der Waals surface area (Å²) in [5, 5.41) is 17.5. The molecule has 1 aliphatic heterocycles. The molecule has 90 valence electrons. The smallest absolute Gasteiger partial charge is 0.416 e. The lowest BCUT2D eigenvalue weighted by molar-refractivity contribution is 0.0937. The van der Waals surface area contributed by atoms with Crippen LogP contribution in [0.15, 0.2) is 11.9 Å². The molecule has 2 N–H and O–H groups in total. The molecule has 1 rings (SSSR count). The molecule has 0 aromatic carbocycles. The Kier molecular flexibility index (Phi) is 4.32. The molecule has 1 aliphatic rings. The molecule has 1 amide bonds. The van der Waals surface area contributed by atoms with Crippen molar-refractivity contribution in [3.8, 4) is 12.3 Å². The molecule has 0 aromatic heterocycles. The van der Waals surface area contributed by atoms with Crippen molar-refractivity contribution in [2.24, 2.45) is 5.73 Å². The van der Waals surface area contributed by atoms with Gasteiger partial charge in [-0.15, -0.1) is 0 Å². The van der Waals surface area contributed by atoms with Crippen molar-refractivity contribution in [2.75, 3.05) is 6.61 Å². The maximum atomic E-state index is 11.6. The fourth-order valence-electron chi connectivity index (χ4n) is 1.27. The molecule has 17 heavy (non-hydrogen) atoms. The number of hydrogen-bond acceptors (Lipinski definition) is 6. The maximum absolute atomic E-state index is 11.6. The van der Waals surface area contributed by atoms with Gasteiger partial charge >= 0.3 is 6.09 Å². The fraction of sp³-hybridized carbons (Fsp3) is 0.500. The number of ether oxygens (including phenoxy) is 1. The van der Waals surface area contributed by atoms with Crippen LogP contribution in [0.4, 0.5) is 4.79 Å². The Morgan fingerprint density at radius 3 is 2.82 bits per heavy atom. The van der Waals surface area contributed by atoms with Crippen molar-refractivity contribution in [1.29, 1.82) is 10.5 Å². The minimum atomic E-state index is -1.01. The number of amides is 1. The van der Waals surface area contributed by atoms with Crippen LogP contribution in [-0.4, -0.2) is 28.8 Å². The van der Waals surface area contributed by atoms with Crippen LogP contribution in [0.3, 0.4) is 0 Å². The average molecular weight is 235 g/mol. The van der Waals surface area contributed by atoms with E-state index in [1.165, 1.54) is 6.20 Å². The third-order valence-electron chi connectivity index (χ3n) is 2.23. The van der Waals surface area contributed by atoms with Gasteiger partial charge in [0.25, 0.3) is 0 Å². The largest absolute Gasteiger partial charge is 0.449 e. The number of allylic oxidation sites excluding steroid dienone is 1. The Morgan fingerprint density at radius 2 is 2.35 bits per heavy atom. The number of carbonyl (C=O) groups excluding carboxylic acids is 1. The number of carbonyl (C=O) groups is 1. The summed E-state index contributed by atoms with van der Waals surface area (Å²) < 4.78 is 4.94. The van der Waals surface area contributed by atoms with Crippen molar-refractivity contribution in [2.45, 2.75) is 26.1 Å². The molecule has 0 saturated heterocycles. The van der Waals surface area contributed by atoms with E-state index in [1.54, 1.807) is 12.3 Å². The van der Waals surface area contributed by atoms with E-state index in [0.29, 0.717) is 6.61 Å². The van der Waals surface area contributed by atoms with Crippen LogP contribution in [0.5, 0.6) is 0 Å². The lowest BCUT2D eigenvalue weighted by Gasteiger charge is -2.22. The van der Waals surface area contributed by atoms with Crippen LogP contribution in [0.2, 0.25) is 0 Å².